The molecule has 0 spiro atoms. The van der Waals surface area contributed by atoms with Crippen LogP contribution in [0.15, 0.2) is 53.5 Å². The first-order valence-electron chi connectivity index (χ1n) is 12.3. The van der Waals surface area contributed by atoms with Crippen molar-refractivity contribution in [1.29, 1.82) is 0 Å². The lowest BCUT2D eigenvalue weighted by atomic mass is 10.1. The van der Waals surface area contributed by atoms with E-state index in [-0.39, 0.29) is 25.5 Å². The molecule has 11 heteroatoms. The summed E-state index contributed by atoms with van der Waals surface area (Å²) in [4.78, 5) is 58.5. The SMILES string of the molecule is CC(C)(C)OC(=O)N=C(Cc1ccc(OCCON2C(=O)c3ccccc3C2=O)cc1)NC(=O)OC(C)(C)C. The number of carbonyl (C=O) groups is 4. The van der Waals surface area contributed by atoms with Gasteiger partial charge in [0, 0.05) is 6.42 Å². The molecule has 39 heavy (non-hydrogen) atoms. The Morgan fingerprint density at radius 3 is 1.92 bits per heavy atom. The van der Waals surface area contributed by atoms with Crippen LogP contribution in [-0.2, 0) is 20.7 Å². The molecule has 11 nitrogen and oxygen atoms in total. The number of amides is 4. The van der Waals surface area contributed by atoms with E-state index < -0.39 is 35.2 Å². The third-order valence-electron chi connectivity index (χ3n) is 4.89. The van der Waals surface area contributed by atoms with Crippen molar-refractivity contribution in [3.05, 3.63) is 65.2 Å². The van der Waals surface area contributed by atoms with Crippen molar-refractivity contribution in [3.8, 4) is 5.75 Å². The summed E-state index contributed by atoms with van der Waals surface area (Å²) in [6.07, 6.45) is -1.48. The number of benzene rings is 2. The van der Waals surface area contributed by atoms with E-state index in [2.05, 4.69) is 10.3 Å². The molecule has 1 N–H and O–H groups in total. The molecule has 0 radical (unpaired) electrons. The standard InChI is InChI=1S/C28H33N3O8/c1-27(2,3)38-25(34)29-22(30-26(35)39-28(4,5)6)17-18-11-13-19(14-12-18)36-15-16-37-31-23(32)20-9-7-8-10-21(20)24(31)33/h7-14H,15-17H2,1-6H3,(H,29,30,34,35). The fourth-order valence-corrected chi connectivity index (χ4v) is 3.40. The van der Waals surface area contributed by atoms with Crippen molar-refractivity contribution in [3.63, 3.8) is 0 Å². The molecule has 2 aromatic rings. The topological polar surface area (TPSA) is 133 Å². The summed E-state index contributed by atoms with van der Waals surface area (Å²) in [5.41, 5.74) is -0.157. The van der Waals surface area contributed by atoms with Crippen molar-refractivity contribution in [2.24, 2.45) is 4.99 Å². The molecule has 0 aromatic heterocycles. The molecule has 0 atom stereocenters. The summed E-state index contributed by atoms with van der Waals surface area (Å²) in [6, 6.07) is 13.4. The zero-order valence-electron chi connectivity index (χ0n) is 22.9. The normalized spacial score (nSPS) is 13.7. The van der Waals surface area contributed by atoms with Crippen LogP contribution in [0.5, 0.6) is 5.75 Å². The van der Waals surface area contributed by atoms with Gasteiger partial charge in [0.2, 0.25) is 0 Å². The van der Waals surface area contributed by atoms with Crippen LogP contribution in [0.25, 0.3) is 0 Å². The molecular weight excluding hydrogens is 506 g/mol. The van der Waals surface area contributed by atoms with E-state index in [1.54, 1.807) is 90.1 Å². The van der Waals surface area contributed by atoms with Gasteiger partial charge in [0.1, 0.15) is 36.0 Å². The molecule has 1 aliphatic heterocycles. The molecule has 1 aliphatic rings. The van der Waals surface area contributed by atoms with Gasteiger partial charge in [-0.05, 0) is 71.4 Å². The molecule has 2 aromatic carbocycles. The third kappa shape index (κ3) is 8.92. The second-order valence-corrected chi connectivity index (χ2v) is 10.6. The van der Waals surface area contributed by atoms with Gasteiger partial charge in [-0.2, -0.15) is 4.99 Å². The fourth-order valence-electron chi connectivity index (χ4n) is 3.40. The maximum atomic E-state index is 12.3. The molecule has 0 unspecified atom stereocenters. The predicted molar refractivity (Wildman–Crippen MR) is 142 cm³/mol. The Labute approximate surface area is 227 Å². The quantitative estimate of drug-likeness (QED) is 0.232. The van der Waals surface area contributed by atoms with Crippen molar-refractivity contribution in [1.82, 2.24) is 10.4 Å². The summed E-state index contributed by atoms with van der Waals surface area (Å²) in [7, 11) is 0. The number of nitrogens with zero attached hydrogens (tertiary/aromatic N) is 2. The van der Waals surface area contributed by atoms with Crippen LogP contribution < -0.4 is 10.1 Å². The lowest BCUT2D eigenvalue weighted by Crippen LogP contribution is -2.38. The number of amidine groups is 1. The van der Waals surface area contributed by atoms with Crippen LogP contribution in [0.3, 0.4) is 0 Å². The third-order valence-corrected chi connectivity index (χ3v) is 4.89. The Morgan fingerprint density at radius 1 is 0.821 bits per heavy atom. The van der Waals surface area contributed by atoms with Crippen LogP contribution in [-0.4, -0.2) is 59.3 Å². The first-order chi connectivity index (χ1) is 18.2. The molecule has 0 saturated carbocycles. The minimum Gasteiger partial charge on any atom is -0.491 e. The Bertz CT molecular complexity index is 1220. The van der Waals surface area contributed by atoms with Gasteiger partial charge in [0.05, 0.1) is 11.1 Å². The Hall–Kier alpha value is -4.25. The first-order valence-corrected chi connectivity index (χ1v) is 12.3. The minimum absolute atomic E-state index is 0.0281. The number of rotatable bonds is 7. The van der Waals surface area contributed by atoms with Gasteiger partial charge < -0.3 is 14.2 Å². The summed E-state index contributed by atoms with van der Waals surface area (Å²) in [5, 5.41) is 3.25. The second-order valence-electron chi connectivity index (χ2n) is 10.6. The summed E-state index contributed by atoms with van der Waals surface area (Å²) in [6.45, 7) is 10.4. The molecular formula is C28H33N3O8. The van der Waals surface area contributed by atoms with Gasteiger partial charge in [-0.1, -0.05) is 24.3 Å². The monoisotopic (exact) mass is 539 g/mol. The molecule has 0 fully saturated rings. The second kappa shape index (κ2) is 12.1. The predicted octanol–water partition coefficient (Wildman–Crippen LogP) is 4.69. The number of carbonyl (C=O) groups excluding carboxylic acids is 4. The first kappa shape index (κ1) is 29.3. The number of hydrogen-bond donors (Lipinski definition) is 1. The van der Waals surface area contributed by atoms with Gasteiger partial charge in [-0.3, -0.25) is 19.7 Å². The smallest absolute Gasteiger partial charge is 0.435 e. The van der Waals surface area contributed by atoms with E-state index in [1.807, 2.05) is 0 Å². The molecule has 3 rings (SSSR count). The van der Waals surface area contributed by atoms with Gasteiger partial charge in [0.15, 0.2) is 0 Å². The molecule has 1 heterocycles. The van der Waals surface area contributed by atoms with Crippen molar-refractivity contribution in [2.45, 2.75) is 59.2 Å². The highest BCUT2D eigenvalue weighted by molar-refractivity contribution is 6.20. The van der Waals surface area contributed by atoms with Crippen LogP contribution in [0.1, 0.15) is 67.8 Å². The number of hydrogen-bond acceptors (Lipinski definition) is 8. The summed E-state index contributed by atoms with van der Waals surface area (Å²) >= 11 is 0. The minimum atomic E-state index is -0.841. The van der Waals surface area contributed by atoms with E-state index in [0.29, 0.717) is 16.9 Å². The van der Waals surface area contributed by atoms with Crippen molar-refractivity contribution >= 4 is 29.8 Å². The highest BCUT2D eigenvalue weighted by Gasteiger charge is 2.36. The van der Waals surface area contributed by atoms with Crippen LogP contribution in [0.2, 0.25) is 0 Å². The number of nitrogens with one attached hydrogen (secondary N) is 1. The highest BCUT2D eigenvalue weighted by atomic mass is 16.7. The molecule has 4 amide bonds. The lowest BCUT2D eigenvalue weighted by molar-refractivity contribution is -0.0976. The Morgan fingerprint density at radius 2 is 1.38 bits per heavy atom. The van der Waals surface area contributed by atoms with E-state index in [4.69, 9.17) is 19.0 Å². The number of aliphatic imine (C=N–C) groups is 1. The van der Waals surface area contributed by atoms with Gasteiger partial charge >= 0.3 is 12.2 Å². The summed E-state index contributed by atoms with van der Waals surface area (Å²) in [5.74, 6) is -0.454. The van der Waals surface area contributed by atoms with E-state index >= 15 is 0 Å². The summed E-state index contributed by atoms with van der Waals surface area (Å²) < 4.78 is 16.1. The average Bonchev–Trinajstić information content (AvgIpc) is 3.05. The average molecular weight is 540 g/mol. The fraction of sp³-hybridized carbons (Fsp3) is 0.393. The van der Waals surface area contributed by atoms with Crippen molar-refractivity contribution in [2.75, 3.05) is 13.2 Å². The van der Waals surface area contributed by atoms with E-state index in [0.717, 1.165) is 10.6 Å². The van der Waals surface area contributed by atoms with Crippen molar-refractivity contribution < 1.29 is 38.2 Å². The maximum Gasteiger partial charge on any atom is 0.435 e. The van der Waals surface area contributed by atoms with Gasteiger partial charge in [-0.15, -0.1) is 5.06 Å². The van der Waals surface area contributed by atoms with Crippen LogP contribution in [0, 0.1) is 0 Å². The zero-order chi connectivity index (χ0) is 28.8. The molecule has 0 bridgehead atoms. The highest BCUT2D eigenvalue weighted by Crippen LogP contribution is 2.22. The van der Waals surface area contributed by atoms with Crippen LogP contribution >= 0.6 is 0 Å². The zero-order valence-corrected chi connectivity index (χ0v) is 22.9. The lowest BCUT2D eigenvalue weighted by Gasteiger charge is -2.21. The number of imide groups is 1. The molecule has 208 valence electrons. The van der Waals surface area contributed by atoms with E-state index in [1.165, 1.54) is 0 Å². The largest absolute Gasteiger partial charge is 0.491 e. The number of fused-ring (bicyclic) bond motifs is 1. The Kier molecular flexibility index (Phi) is 9.08. The van der Waals surface area contributed by atoms with Gasteiger partial charge in [-0.25, -0.2) is 9.59 Å². The Balaban J connectivity index is 1.56. The number of hydroxylamine groups is 2. The van der Waals surface area contributed by atoms with Crippen LogP contribution in [0.4, 0.5) is 9.59 Å². The molecule has 0 saturated heterocycles. The maximum absolute atomic E-state index is 12.3. The number of ether oxygens (including phenoxy) is 3. The van der Waals surface area contributed by atoms with E-state index in [9.17, 15) is 19.2 Å². The number of alkyl carbamates (subject to hydrolysis) is 1. The van der Waals surface area contributed by atoms with Gasteiger partial charge in [0.25, 0.3) is 11.8 Å². The molecule has 0 aliphatic carbocycles.